The van der Waals surface area contributed by atoms with E-state index in [4.69, 9.17) is 10.5 Å². The first-order chi connectivity index (χ1) is 6.27. The fraction of sp³-hybridized carbons (Fsp3) is 0.667. The summed E-state index contributed by atoms with van der Waals surface area (Å²) in [5, 5.41) is 0. The van der Waals surface area contributed by atoms with Crippen LogP contribution < -0.4 is 5.73 Å². The number of nitrogens with two attached hydrogens (primary N) is 1. The monoisotopic (exact) mass is 181 g/mol. The lowest BCUT2D eigenvalue weighted by molar-refractivity contribution is 0.180. The van der Waals surface area contributed by atoms with Gasteiger partial charge >= 0.3 is 0 Å². The highest BCUT2D eigenvalue weighted by Crippen LogP contribution is 2.25. The van der Waals surface area contributed by atoms with E-state index in [1.165, 1.54) is 0 Å². The number of ether oxygens (including phenoxy) is 1. The number of rotatable bonds is 2. The molecule has 0 aromatic carbocycles. The first-order valence-corrected chi connectivity index (χ1v) is 4.58. The molecule has 1 fully saturated rings. The summed E-state index contributed by atoms with van der Waals surface area (Å²) >= 11 is 0. The van der Waals surface area contributed by atoms with E-state index in [0.29, 0.717) is 5.92 Å². The quantitative estimate of drug-likeness (QED) is 0.721. The van der Waals surface area contributed by atoms with E-state index in [-0.39, 0.29) is 6.04 Å². The summed E-state index contributed by atoms with van der Waals surface area (Å²) in [6.07, 6.45) is 4.81. The van der Waals surface area contributed by atoms with Crippen LogP contribution in [-0.2, 0) is 11.8 Å². The summed E-state index contributed by atoms with van der Waals surface area (Å²) in [5.74, 6) is 0.440. The molecule has 1 saturated heterocycles. The molecule has 0 aliphatic carbocycles. The lowest BCUT2D eigenvalue weighted by atomic mass is 9.98. The van der Waals surface area contributed by atoms with Gasteiger partial charge in [0.25, 0.3) is 0 Å². The first kappa shape index (κ1) is 8.72. The number of imidazole rings is 1. The first-order valence-electron chi connectivity index (χ1n) is 4.58. The topological polar surface area (TPSA) is 53.1 Å². The molecule has 2 rings (SSSR count). The maximum Gasteiger partial charge on any atom is 0.0947 e. The summed E-state index contributed by atoms with van der Waals surface area (Å²) in [6, 6.07) is 0.0312. The normalized spacial score (nSPS) is 24.9. The van der Waals surface area contributed by atoms with E-state index >= 15 is 0 Å². The van der Waals surface area contributed by atoms with Crippen LogP contribution in [0.1, 0.15) is 18.2 Å². The maximum absolute atomic E-state index is 6.06. The van der Waals surface area contributed by atoms with Crippen LogP contribution in [0.25, 0.3) is 0 Å². The van der Waals surface area contributed by atoms with E-state index in [1.54, 1.807) is 6.33 Å². The summed E-state index contributed by atoms with van der Waals surface area (Å²) in [5.41, 5.74) is 7.03. The van der Waals surface area contributed by atoms with Gasteiger partial charge in [0.2, 0.25) is 0 Å². The van der Waals surface area contributed by atoms with E-state index in [0.717, 1.165) is 25.3 Å². The molecule has 13 heavy (non-hydrogen) atoms. The fourth-order valence-electron chi connectivity index (χ4n) is 1.68. The summed E-state index contributed by atoms with van der Waals surface area (Å²) in [4.78, 5) is 4.24. The molecular weight excluding hydrogens is 166 g/mol. The second-order valence-electron chi connectivity index (χ2n) is 3.61. The smallest absolute Gasteiger partial charge is 0.0947 e. The van der Waals surface area contributed by atoms with Crippen molar-refractivity contribution in [1.82, 2.24) is 9.55 Å². The van der Waals surface area contributed by atoms with Gasteiger partial charge in [-0.25, -0.2) is 4.98 Å². The molecule has 1 aromatic rings. The zero-order chi connectivity index (χ0) is 9.26. The summed E-state index contributed by atoms with van der Waals surface area (Å²) in [6.45, 7) is 1.61. The Kier molecular flexibility index (Phi) is 2.33. The fourth-order valence-corrected chi connectivity index (χ4v) is 1.68. The van der Waals surface area contributed by atoms with Crippen LogP contribution in [0.15, 0.2) is 12.5 Å². The molecule has 2 N–H and O–H groups in total. The van der Waals surface area contributed by atoms with Crippen molar-refractivity contribution in [3.8, 4) is 0 Å². The standard InChI is InChI=1S/C9H15N3O/c1-12-4-8(11-6-12)9(10)7-2-3-13-5-7/h4,6-7,9H,2-3,5,10H2,1H3. The van der Waals surface area contributed by atoms with Gasteiger partial charge < -0.3 is 15.0 Å². The van der Waals surface area contributed by atoms with Gasteiger partial charge in [-0.15, -0.1) is 0 Å². The van der Waals surface area contributed by atoms with Gasteiger partial charge in [-0.2, -0.15) is 0 Å². The van der Waals surface area contributed by atoms with Crippen LogP contribution in [0, 0.1) is 5.92 Å². The molecule has 1 aromatic heterocycles. The van der Waals surface area contributed by atoms with Crippen molar-refractivity contribution >= 4 is 0 Å². The van der Waals surface area contributed by atoms with Crippen molar-refractivity contribution in [2.75, 3.05) is 13.2 Å². The molecule has 1 aliphatic heterocycles. The van der Waals surface area contributed by atoms with Crippen molar-refractivity contribution in [2.24, 2.45) is 18.7 Å². The highest BCUT2D eigenvalue weighted by molar-refractivity contribution is 5.04. The van der Waals surface area contributed by atoms with Crippen molar-refractivity contribution in [1.29, 1.82) is 0 Å². The molecule has 72 valence electrons. The lowest BCUT2D eigenvalue weighted by Crippen LogP contribution is -2.21. The number of hydrogen-bond donors (Lipinski definition) is 1. The van der Waals surface area contributed by atoms with Gasteiger partial charge in [0, 0.05) is 25.8 Å². The van der Waals surface area contributed by atoms with Crippen molar-refractivity contribution < 1.29 is 4.74 Å². The molecule has 2 unspecified atom stereocenters. The molecule has 0 amide bonds. The van der Waals surface area contributed by atoms with Gasteiger partial charge in [0.1, 0.15) is 0 Å². The second kappa shape index (κ2) is 3.47. The van der Waals surface area contributed by atoms with Crippen molar-refractivity contribution in [3.05, 3.63) is 18.2 Å². The van der Waals surface area contributed by atoms with E-state index in [2.05, 4.69) is 4.98 Å². The molecule has 0 spiro atoms. The predicted octanol–water partition coefficient (Wildman–Crippen LogP) is 0.456. The van der Waals surface area contributed by atoms with Crippen LogP contribution in [0.2, 0.25) is 0 Å². The molecule has 2 heterocycles. The molecule has 0 radical (unpaired) electrons. The third-order valence-corrected chi connectivity index (χ3v) is 2.54. The SMILES string of the molecule is Cn1cnc(C(N)C2CCOC2)c1. The number of aromatic nitrogens is 2. The van der Waals surface area contributed by atoms with E-state index in [9.17, 15) is 0 Å². The minimum absolute atomic E-state index is 0.0312. The number of nitrogens with zero attached hydrogens (tertiary/aromatic N) is 2. The number of hydrogen-bond acceptors (Lipinski definition) is 3. The van der Waals surface area contributed by atoms with Crippen molar-refractivity contribution in [3.63, 3.8) is 0 Å². The van der Waals surface area contributed by atoms with Crippen LogP contribution in [0.5, 0.6) is 0 Å². The third-order valence-electron chi connectivity index (χ3n) is 2.54. The minimum atomic E-state index is 0.0312. The number of aryl methyl sites for hydroxylation is 1. The molecule has 0 bridgehead atoms. The molecular formula is C9H15N3O. The van der Waals surface area contributed by atoms with Crippen LogP contribution in [0.4, 0.5) is 0 Å². The average molecular weight is 181 g/mol. The van der Waals surface area contributed by atoms with E-state index in [1.807, 2.05) is 17.8 Å². The largest absolute Gasteiger partial charge is 0.381 e. The lowest BCUT2D eigenvalue weighted by Gasteiger charge is -2.14. The van der Waals surface area contributed by atoms with Crippen molar-refractivity contribution in [2.45, 2.75) is 12.5 Å². The minimum Gasteiger partial charge on any atom is -0.381 e. The van der Waals surface area contributed by atoms with Crippen LogP contribution in [-0.4, -0.2) is 22.8 Å². The Morgan fingerprint density at radius 2 is 2.62 bits per heavy atom. The Labute approximate surface area is 77.7 Å². The molecule has 2 atom stereocenters. The van der Waals surface area contributed by atoms with Gasteiger partial charge in [-0.05, 0) is 6.42 Å². The highest BCUT2D eigenvalue weighted by Gasteiger charge is 2.25. The van der Waals surface area contributed by atoms with Crippen LogP contribution >= 0.6 is 0 Å². The van der Waals surface area contributed by atoms with E-state index < -0.39 is 0 Å². The molecule has 0 saturated carbocycles. The average Bonchev–Trinajstić information content (AvgIpc) is 2.72. The Morgan fingerprint density at radius 1 is 1.77 bits per heavy atom. The third kappa shape index (κ3) is 1.73. The highest BCUT2D eigenvalue weighted by atomic mass is 16.5. The van der Waals surface area contributed by atoms with Crippen LogP contribution in [0.3, 0.4) is 0 Å². The van der Waals surface area contributed by atoms with Gasteiger partial charge in [0.15, 0.2) is 0 Å². The van der Waals surface area contributed by atoms with Gasteiger partial charge in [-0.1, -0.05) is 0 Å². The zero-order valence-electron chi connectivity index (χ0n) is 7.81. The molecule has 4 heteroatoms. The Balaban J connectivity index is 2.07. The summed E-state index contributed by atoms with van der Waals surface area (Å²) in [7, 11) is 1.95. The van der Waals surface area contributed by atoms with Gasteiger partial charge in [0.05, 0.1) is 24.7 Å². The predicted molar refractivity (Wildman–Crippen MR) is 49.1 cm³/mol. The molecule has 1 aliphatic rings. The summed E-state index contributed by atoms with van der Waals surface area (Å²) < 4.78 is 7.21. The second-order valence-corrected chi connectivity index (χ2v) is 3.61. The Bertz CT molecular complexity index is 278. The Hall–Kier alpha value is -0.870. The maximum atomic E-state index is 6.06. The van der Waals surface area contributed by atoms with Gasteiger partial charge in [-0.3, -0.25) is 0 Å². The zero-order valence-corrected chi connectivity index (χ0v) is 7.81. The molecule has 4 nitrogen and oxygen atoms in total. The Morgan fingerprint density at radius 3 is 3.15 bits per heavy atom.